The number of rotatable bonds is 7. The van der Waals surface area contributed by atoms with Gasteiger partial charge in [0, 0.05) is 67.1 Å². The van der Waals surface area contributed by atoms with Crippen molar-refractivity contribution in [2.24, 2.45) is 0 Å². The smallest absolute Gasteiger partial charge is 0.252 e. The molecule has 85 heavy (non-hydrogen) atoms. The van der Waals surface area contributed by atoms with Crippen LogP contribution in [0.1, 0.15) is 124 Å². The van der Waals surface area contributed by atoms with Gasteiger partial charge in [0.05, 0.1) is 11.2 Å². The van der Waals surface area contributed by atoms with Crippen molar-refractivity contribution >= 4 is 90.5 Å². The molecule has 0 saturated heterocycles. The number of benzene rings is 10. The number of anilines is 8. The van der Waals surface area contributed by atoms with Gasteiger partial charge in [-0.2, -0.15) is 0 Å². The van der Waals surface area contributed by atoms with E-state index >= 15 is 0 Å². The minimum absolute atomic E-state index is 0.00422. The van der Waals surface area contributed by atoms with E-state index in [1.807, 2.05) is 0 Å². The van der Waals surface area contributed by atoms with Gasteiger partial charge in [-0.15, -0.1) is 0 Å². The van der Waals surface area contributed by atoms with Crippen molar-refractivity contribution in [2.75, 3.05) is 14.7 Å². The molecule has 10 aromatic carbocycles. The van der Waals surface area contributed by atoms with Crippen LogP contribution in [0.5, 0.6) is 0 Å². The molecular formula is C80H76BN3O. The summed E-state index contributed by atoms with van der Waals surface area (Å²) in [7, 11) is 0. The molecule has 1 saturated carbocycles. The zero-order valence-electron chi connectivity index (χ0n) is 51.4. The summed E-state index contributed by atoms with van der Waals surface area (Å²) in [6, 6.07) is 81.3. The number of hydrogen-bond donors (Lipinski definition) is 0. The van der Waals surface area contributed by atoms with Gasteiger partial charge in [0.25, 0.3) is 6.71 Å². The van der Waals surface area contributed by atoms with Crippen LogP contribution in [0.4, 0.5) is 45.5 Å². The Hall–Kier alpha value is -8.54. The fourth-order valence-corrected chi connectivity index (χ4v) is 15.4. The molecule has 11 aromatic rings. The van der Waals surface area contributed by atoms with Crippen LogP contribution >= 0.6 is 0 Å². The Morgan fingerprint density at radius 1 is 0.435 bits per heavy atom. The predicted octanol–water partition coefficient (Wildman–Crippen LogP) is 20.3. The van der Waals surface area contributed by atoms with E-state index < -0.39 is 0 Å². The lowest BCUT2D eigenvalue weighted by molar-refractivity contribution is 0.195. The minimum atomic E-state index is -0.204. The molecule has 1 aromatic heterocycles. The monoisotopic (exact) mass is 1110 g/mol. The van der Waals surface area contributed by atoms with E-state index in [4.69, 9.17) is 4.42 Å². The highest BCUT2D eigenvalue weighted by molar-refractivity contribution is 7.00. The van der Waals surface area contributed by atoms with E-state index in [2.05, 4.69) is 303 Å². The normalized spacial score (nSPS) is 17.9. The van der Waals surface area contributed by atoms with Gasteiger partial charge < -0.3 is 19.1 Å². The minimum Gasteiger partial charge on any atom is -0.455 e. The highest BCUT2D eigenvalue weighted by Crippen LogP contribution is 2.63. The number of hydrogen-bond acceptors (Lipinski definition) is 4. The van der Waals surface area contributed by atoms with Crippen LogP contribution in [0.2, 0.25) is 0 Å². The lowest BCUT2D eigenvalue weighted by Gasteiger charge is -2.53. The first-order valence-corrected chi connectivity index (χ1v) is 31.1. The Morgan fingerprint density at radius 3 is 1.69 bits per heavy atom. The van der Waals surface area contributed by atoms with Crippen molar-refractivity contribution in [3.8, 4) is 33.4 Å². The van der Waals surface area contributed by atoms with Gasteiger partial charge in [0.1, 0.15) is 11.2 Å². The second kappa shape index (κ2) is 19.0. The van der Waals surface area contributed by atoms with Crippen molar-refractivity contribution in [1.29, 1.82) is 0 Å². The summed E-state index contributed by atoms with van der Waals surface area (Å²) in [4.78, 5) is 8.05. The Morgan fingerprint density at radius 2 is 1.02 bits per heavy atom. The van der Waals surface area contributed by atoms with Crippen molar-refractivity contribution in [2.45, 2.75) is 129 Å². The summed E-state index contributed by atoms with van der Waals surface area (Å²) in [5.74, 6) is 0. The third kappa shape index (κ3) is 8.23. The fraction of sp³-hybridized carbons (Fsp3) is 0.250. The summed E-state index contributed by atoms with van der Waals surface area (Å²) < 4.78 is 7.02. The Bertz CT molecular complexity index is 4400. The van der Waals surface area contributed by atoms with E-state index in [9.17, 15) is 0 Å². The van der Waals surface area contributed by atoms with Crippen LogP contribution in [0.25, 0.3) is 55.3 Å². The third-order valence-corrected chi connectivity index (χ3v) is 20.3. The maximum absolute atomic E-state index is 7.02. The molecule has 1 aliphatic carbocycles. The molecule has 3 aliphatic heterocycles. The van der Waals surface area contributed by atoms with E-state index in [1.54, 1.807) is 0 Å². The van der Waals surface area contributed by atoms with E-state index in [-0.39, 0.29) is 33.9 Å². The van der Waals surface area contributed by atoms with Gasteiger partial charge in [-0.05, 0) is 170 Å². The van der Waals surface area contributed by atoms with Gasteiger partial charge in [-0.25, -0.2) is 0 Å². The Labute approximate surface area is 503 Å². The fourth-order valence-electron chi connectivity index (χ4n) is 15.4. The second-order valence-corrected chi connectivity index (χ2v) is 28.5. The van der Waals surface area contributed by atoms with Crippen LogP contribution < -0.4 is 31.1 Å². The summed E-state index contributed by atoms with van der Waals surface area (Å²) in [5, 5.41) is 2.27. The average molecular weight is 1110 g/mol. The van der Waals surface area contributed by atoms with E-state index in [1.165, 1.54) is 96.5 Å². The largest absolute Gasteiger partial charge is 0.455 e. The average Bonchev–Trinajstić information content (AvgIpc) is 1.59. The van der Waals surface area contributed by atoms with Gasteiger partial charge in [-0.1, -0.05) is 222 Å². The lowest BCUT2D eigenvalue weighted by atomic mass is 9.33. The summed E-state index contributed by atoms with van der Waals surface area (Å²) in [5.41, 5.74) is 27.6. The second-order valence-electron chi connectivity index (χ2n) is 28.5. The zero-order chi connectivity index (χ0) is 58.5. The molecular weight excluding hydrogens is 1030 g/mol. The quantitative estimate of drug-likeness (QED) is 0.148. The number of para-hydroxylation sites is 2. The van der Waals surface area contributed by atoms with Crippen molar-refractivity contribution < 1.29 is 4.42 Å². The molecule has 420 valence electrons. The van der Waals surface area contributed by atoms with Gasteiger partial charge in [-0.3, -0.25) is 0 Å². The Balaban J connectivity index is 1.08. The number of nitrogens with zero attached hydrogens (tertiary/aromatic N) is 3. The van der Waals surface area contributed by atoms with Crippen LogP contribution in [0.3, 0.4) is 0 Å². The van der Waals surface area contributed by atoms with Gasteiger partial charge in [0.15, 0.2) is 0 Å². The molecule has 0 spiro atoms. The molecule has 0 N–H and O–H groups in total. The van der Waals surface area contributed by atoms with Crippen LogP contribution in [0, 0.1) is 0 Å². The van der Waals surface area contributed by atoms with E-state index in [0.29, 0.717) is 0 Å². The summed E-state index contributed by atoms with van der Waals surface area (Å²) in [6.45, 7) is 25.9. The molecule has 0 bridgehead atoms. The predicted molar refractivity (Wildman–Crippen MR) is 363 cm³/mol. The molecule has 5 heteroatoms. The molecule has 4 aliphatic rings. The van der Waals surface area contributed by atoms with Crippen molar-refractivity contribution in [3.05, 3.63) is 235 Å². The molecule has 2 atom stereocenters. The van der Waals surface area contributed by atoms with Crippen LogP contribution in [-0.2, 0) is 21.7 Å². The molecule has 0 amide bonds. The molecule has 15 rings (SSSR count). The van der Waals surface area contributed by atoms with Crippen LogP contribution in [0.15, 0.2) is 217 Å². The number of fused-ring (bicyclic) bond motifs is 10. The number of furan rings is 1. The summed E-state index contributed by atoms with van der Waals surface area (Å²) >= 11 is 0. The SMILES string of the molecule is CC(C)(C)c1ccc(N(c2ccc(C(C)(C)C)cc2)c2ccc3c(c2)N(c2ccc(C(C)(C)C)cc2-c2ccccc2)c2cc(-c4cccc5c4oc4ccccc45)cc4c2B3c2cc(-c3ccccc3)cc3c2N4C2(C)CCCCC32C)cc1. The Kier molecular flexibility index (Phi) is 11.9. The van der Waals surface area contributed by atoms with Gasteiger partial charge in [0.2, 0.25) is 0 Å². The third-order valence-electron chi connectivity index (χ3n) is 20.3. The van der Waals surface area contributed by atoms with Crippen LogP contribution in [-0.4, -0.2) is 12.3 Å². The first-order valence-electron chi connectivity index (χ1n) is 31.1. The first kappa shape index (κ1) is 53.2. The molecule has 0 radical (unpaired) electrons. The van der Waals surface area contributed by atoms with E-state index in [0.717, 1.165) is 68.7 Å². The van der Waals surface area contributed by atoms with Crippen molar-refractivity contribution in [3.63, 3.8) is 0 Å². The van der Waals surface area contributed by atoms with Gasteiger partial charge >= 0.3 is 0 Å². The molecule has 4 nitrogen and oxygen atoms in total. The first-order chi connectivity index (χ1) is 40.8. The molecule has 1 fully saturated rings. The highest BCUT2D eigenvalue weighted by Gasteiger charge is 2.61. The standard InChI is InChI=1S/C80H76BN3O/c1-76(2,3)55-31-36-58(37-32-55)82(59-38-33-56(34-39-59)77(4,5)6)60-40-41-66-69(50-60)83(68-42-35-57(78(7,8)9)49-64(68)52-25-16-13-17-26-52)70-47-54(61-28-22-29-63-62-27-18-19-30-72(62)85-75(61)63)48-71-73(70)81(66)67-46-53(51-23-14-12-15-24-51)45-65-74(67)84(71)80(11)44-21-20-43-79(65,80)10/h12-19,22-42,45-50H,20-21,43-44H2,1-11H3. The molecule has 4 heterocycles. The summed E-state index contributed by atoms with van der Waals surface area (Å²) in [6.07, 6.45) is 4.63. The topological polar surface area (TPSA) is 22.9 Å². The zero-order valence-corrected chi connectivity index (χ0v) is 51.4. The highest BCUT2D eigenvalue weighted by atomic mass is 16.3. The maximum atomic E-state index is 7.02. The lowest BCUT2D eigenvalue weighted by Crippen LogP contribution is -2.64. The molecule has 2 unspecified atom stereocenters. The maximum Gasteiger partial charge on any atom is 0.252 e. The van der Waals surface area contributed by atoms with Crippen molar-refractivity contribution in [1.82, 2.24) is 0 Å².